The van der Waals surface area contributed by atoms with Gasteiger partial charge in [-0.3, -0.25) is 4.79 Å². The topological polar surface area (TPSA) is 83.1 Å². The smallest absolute Gasteiger partial charge is 0.339 e. The van der Waals surface area contributed by atoms with Crippen LogP contribution >= 0.6 is 0 Å². The minimum absolute atomic E-state index is 0.0982. The lowest BCUT2D eigenvalue weighted by atomic mass is 9.98. The number of methoxy groups -OCH3 is 1. The zero-order valence-electron chi connectivity index (χ0n) is 17.7. The number of benzene rings is 2. The summed E-state index contributed by atoms with van der Waals surface area (Å²) in [6, 6.07) is 18.8. The van der Waals surface area contributed by atoms with Crippen LogP contribution in [0.15, 0.2) is 72.0 Å². The summed E-state index contributed by atoms with van der Waals surface area (Å²) < 4.78 is 23.8. The maximum atomic E-state index is 12.4. The molecule has 1 N–H and O–H groups in total. The molecular weight excluding hydrogens is 398 g/mol. The van der Waals surface area contributed by atoms with Crippen molar-refractivity contribution in [1.29, 1.82) is 0 Å². The molecule has 0 radical (unpaired) electrons. The molecule has 31 heavy (non-hydrogen) atoms. The van der Waals surface area contributed by atoms with Crippen molar-refractivity contribution < 1.29 is 28.5 Å². The van der Waals surface area contributed by atoms with Gasteiger partial charge in [0.15, 0.2) is 0 Å². The van der Waals surface area contributed by atoms with Crippen molar-refractivity contribution in [2.45, 2.75) is 44.5 Å². The van der Waals surface area contributed by atoms with Gasteiger partial charge >= 0.3 is 11.9 Å². The molecule has 2 aliphatic rings. The Morgan fingerprint density at radius 3 is 1.94 bits per heavy atom. The number of hydrogen-bond donors (Lipinski definition) is 1. The van der Waals surface area contributed by atoms with E-state index in [2.05, 4.69) is 5.32 Å². The lowest BCUT2D eigenvalue weighted by Gasteiger charge is -2.37. The Morgan fingerprint density at radius 2 is 1.48 bits per heavy atom. The Hall–Kier alpha value is -3.16. The fraction of sp³-hybridized carbons (Fsp3) is 0.333. The fourth-order valence-corrected chi connectivity index (χ4v) is 4.15. The van der Waals surface area contributed by atoms with Crippen LogP contribution in [0.1, 0.15) is 43.6 Å². The van der Waals surface area contributed by atoms with E-state index in [1.807, 2.05) is 60.7 Å². The number of carbonyl (C=O) groups excluding carboxylic acids is 2. The van der Waals surface area contributed by atoms with Crippen LogP contribution < -0.4 is 5.32 Å². The predicted molar refractivity (Wildman–Crippen MR) is 111 cm³/mol. The number of carbonyl (C=O) groups is 2. The summed E-state index contributed by atoms with van der Waals surface area (Å²) in [5.41, 5.74) is 2.12. The van der Waals surface area contributed by atoms with Crippen LogP contribution in [0.3, 0.4) is 0 Å². The Balaban J connectivity index is 1.73. The zero-order valence-corrected chi connectivity index (χ0v) is 17.7. The van der Waals surface area contributed by atoms with Crippen LogP contribution in [0.2, 0.25) is 0 Å². The van der Waals surface area contributed by atoms with E-state index >= 15 is 0 Å². The molecule has 2 aliphatic heterocycles. The molecule has 7 heteroatoms. The maximum Gasteiger partial charge on any atom is 0.339 e. The highest BCUT2D eigenvalue weighted by molar-refractivity contribution is 5.91. The largest absolute Gasteiger partial charge is 0.466 e. The Morgan fingerprint density at radius 1 is 0.968 bits per heavy atom. The summed E-state index contributed by atoms with van der Waals surface area (Å²) in [5.74, 6) is -2.02. The van der Waals surface area contributed by atoms with Gasteiger partial charge in [-0.1, -0.05) is 60.7 Å². The predicted octanol–water partition coefficient (Wildman–Crippen LogP) is 3.54. The van der Waals surface area contributed by atoms with Gasteiger partial charge < -0.3 is 24.3 Å². The number of allylic oxidation sites excluding steroid dienone is 1. The molecule has 0 aromatic heterocycles. The Labute approximate surface area is 180 Å². The molecule has 2 aromatic rings. The van der Waals surface area contributed by atoms with Crippen LogP contribution in [0.25, 0.3) is 0 Å². The third kappa shape index (κ3) is 4.19. The summed E-state index contributed by atoms with van der Waals surface area (Å²) in [6.45, 7) is 3.03. The first-order valence-electron chi connectivity index (χ1n) is 10.1. The van der Waals surface area contributed by atoms with Crippen molar-refractivity contribution in [3.63, 3.8) is 0 Å². The number of rotatable bonds is 4. The van der Waals surface area contributed by atoms with Crippen LogP contribution in [-0.2, 0) is 28.5 Å². The molecule has 0 aliphatic carbocycles. The van der Waals surface area contributed by atoms with Crippen LogP contribution in [-0.4, -0.2) is 31.0 Å². The van der Waals surface area contributed by atoms with Crippen LogP contribution in [0.4, 0.5) is 0 Å². The normalized spacial score (nSPS) is 24.5. The molecule has 1 fully saturated rings. The highest BCUT2D eigenvalue weighted by atomic mass is 16.9. The molecule has 7 nitrogen and oxygen atoms in total. The van der Waals surface area contributed by atoms with E-state index in [1.165, 1.54) is 14.0 Å². The molecule has 0 saturated carbocycles. The van der Waals surface area contributed by atoms with Crippen molar-refractivity contribution in [2.75, 3.05) is 7.11 Å². The quantitative estimate of drug-likeness (QED) is 0.758. The van der Waals surface area contributed by atoms with Gasteiger partial charge in [0.1, 0.15) is 18.0 Å². The first-order valence-corrected chi connectivity index (χ1v) is 10.1. The van der Waals surface area contributed by atoms with E-state index < -0.39 is 30.2 Å². The van der Waals surface area contributed by atoms with E-state index in [0.717, 1.165) is 11.1 Å². The van der Waals surface area contributed by atoms with E-state index in [4.69, 9.17) is 18.9 Å². The Bertz CT molecular complexity index is 940. The lowest BCUT2D eigenvalue weighted by Crippen LogP contribution is -2.50. The molecular formula is C24H25NO6. The molecule has 1 amide bonds. The fourth-order valence-electron chi connectivity index (χ4n) is 4.15. The average Bonchev–Trinajstić information content (AvgIpc) is 3.12. The number of esters is 1. The highest BCUT2D eigenvalue weighted by Gasteiger charge is 2.55. The van der Waals surface area contributed by atoms with Crippen molar-refractivity contribution in [3.05, 3.63) is 83.1 Å². The van der Waals surface area contributed by atoms with E-state index in [9.17, 15) is 9.59 Å². The molecule has 2 aromatic carbocycles. The third-order valence-electron chi connectivity index (χ3n) is 5.42. The second-order valence-electron chi connectivity index (χ2n) is 7.60. The van der Waals surface area contributed by atoms with Gasteiger partial charge in [0.2, 0.25) is 5.91 Å². The van der Waals surface area contributed by atoms with Gasteiger partial charge in [-0.25, -0.2) is 4.79 Å². The van der Waals surface area contributed by atoms with Gasteiger partial charge in [0.25, 0.3) is 0 Å². The maximum absolute atomic E-state index is 12.4. The summed E-state index contributed by atoms with van der Waals surface area (Å²) in [7, 11) is 1.29. The zero-order chi connectivity index (χ0) is 22.0. The van der Waals surface area contributed by atoms with Crippen molar-refractivity contribution in [2.24, 2.45) is 0 Å². The van der Waals surface area contributed by atoms with Gasteiger partial charge in [-0.2, -0.15) is 0 Å². The number of nitrogens with one attached hydrogen (secondary N) is 1. The minimum atomic E-state index is -1.46. The first kappa shape index (κ1) is 21.1. The minimum Gasteiger partial charge on any atom is -0.466 e. The van der Waals surface area contributed by atoms with Crippen molar-refractivity contribution in [1.82, 2.24) is 5.32 Å². The lowest BCUT2D eigenvalue weighted by molar-refractivity contribution is -0.336. The van der Waals surface area contributed by atoms with Crippen LogP contribution in [0, 0.1) is 0 Å². The number of amides is 1. The first-order chi connectivity index (χ1) is 14.9. The number of hydrogen-bond acceptors (Lipinski definition) is 6. The number of ether oxygens (including phenoxy) is 4. The second-order valence-corrected chi connectivity index (χ2v) is 7.60. The molecule has 0 bridgehead atoms. The molecule has 0 unspecified atom stereocenters. The van der Waals surface area contributed by atoms with E-state index in [1.54, 1.807) is 6.92 Å². The standard InChI is InChI=1S/C24H25NO6/c1-15-20(23(27)28-3)19(25-16(2)26)14-24(29-15)30-21(17-10-6-4-7-11-17)22(31-24)18-12-8-5-9-13-18/h4-13,19,21-22H,14H2,1-3H3,(H,25,26)/t19-,21-,22-/m0/s1. The van der Waals surface area contributed by atoms with Gasteiger partial charge in [-0.15, -0.1) is 0 Å². The Kier molecular flexibility index (Phi) is 5.80. The summed E-state index contributed by atoms with van der Waals surface area (Å²) in [5, 5.41) is 2.80. The molecule has 1 saturated heterocycles. The van der Waals surface area contributed by atoms with E-state index in [-0.39, 0.29) is 23.7 Å². The summed E-state index contributed by atoms with van der Waals surface area (Å²) >= 11 is 0. The molecule has 3 atom stereocenters. The summed E-state index contributed by atoms with van der Waals surface area (Å²) in [6.07, 6.45) is -0.774. The molecule has 4 rings (SSSR count). The van der Waals surface area contributed by atoms with Crippen molar-refractivity contribution >= 4 is 11.9 Å². The monoisotopic (exact) mass is 423 g/mol. The average molecular weight is 423 g/mol. The summed E-state index contributed by atoms with van der Waals surface area (Å²) in [4.78, 5) is 24.2. The third-order valence-corrected chi connectivity index (χ3v) is 5.42. The molecule has 2 heterocycles. The van der Waals surface area contributed by atoms with E-state index in [0.29, 0.717) is 0 Å². The molecule has 1 spiro atoms. The SMILES string of the molecule is COC(=O)C1=C(C)OC2(C[C@@H]1NC(C)=O)O[C@@H](c1ccccc1)[C@H](c1ccccc1)O2. The van der Waals surface area contributed by atoms with Gasteiger partial charge in [0.05, 0.1) is 25.1 Å². The van der Waals surface area contributed by atoms with Gasteiger partial charge in [0, 0.05) is 6.92 Å². The molecule has 162 valence electrons. The van der Waals surface area contributed by atoms with Crippen LogP contribution in [0.5, 0.6) is 0 Å². The van der Waals surface area contributed by atoms with Crippen molar-refractivity contribution in [3.8, 4) is 0 Å². The second kappa shape index (κ2) is 8.53. The van der Waals surface area contributed by atoms with Gasteiger partial charge in [-0.05, 0) is 18.1 Å². The highest BCUT2D eigenvalue weighted by Crippen LogP contribution is 2.51.